The average Bonchev–Trinajstić information content (AvgIpc) is 3.28. The molecule has 3 atom stereocenters. The van der Waals surface area contributed by atoms with Gasteiger partial charge in [-0.15, -0.1) is 0 Å². The van der Waals surface area contributed by atoms with Crippen LogP contribution in [0.4, 0.5) is 5.69 Å². The van der Waals surface area contributed by atoms with Crippen molar-refractivity contribution in [2.24, 2.45) is 17.8 Å². The number of H-pyrrole nitrogens is 1. The van der Waals surface area contributed by atoms with Gasteiger partial charge in [-0.05, 0) is 61.5 Å². The molecule has 7 heteroatoms. The van der Waals surface area contributed by atoms with Crippen molar-refractivity contribution in [1.82, 2.24) is 15.3 Å². The summed E-state index contributed by atoms with van der Waals surface area (Å²) >= 11 is 0. The van der Waals surface area contributed by atoms with Crippen molar-refractivity contribution in [3.63, 3.8) is 0 Å². The maximum Gasteiger partial charge on any atom is 0.255 e. The van der Waals surface area contributed by atoms with E-state index in [1.165, 1.54) is 0 Å². The highest BCUT2D eigenvalue weighted by Crippen LogP contribution is 2.56. The van der Waals surface area contributed by atoms with Gasteiger partial charge >= 0.3 is 0 Å². The topological polar surface area (TPSA) is 110 Å². The zero-order valence-electron chi connectivity index (χ0n) is 18.5. The smallest absolute Gasteiger partial charge is 0.255 e. The molecule has 0 radical (unpaired) electrons. The molecule has 0 aliphatic heterocycles. The van der Waals surface area contributed by atoms with Gasteiger partial charge in [0, 0.05) is 30.4 Å². The number of anilines is 1. The first kappa shape index (κ1) is 20.7. The Bertz CT molecular complexity index is 1160. The maximum atomic E-state index is 13.2. The third-order valence-corrected chi connectivity index (χ3v) is 8.02. The Morgan fingerprint density at radius 2 is 1.91 bits per heavy atom. The molecule has 1 amide bonds. The second-order valence-electron chi connectivity index (χ2n) is 10.3. The number of rotatable bonds is 6. The summed E-state index contributed by atoms with van der Waals surface area (Å²) in [7, 11) is 0. The molecule has 33 heavy (non-hydrogen) atoms. The Labute approximate surface area is 192 Å². The third kappa shape index (κ3) is 3.69. The van der Waals surface area contributed by atoms with Crippen LogP contribution < -0.4 is 10.6 Å². The van der Waals surface area contributed by atoms with Gasteiger partial charge < -0.3 is 25.8 Å². The van der Waals surface area contributed by atoms with Gasteiger partial charge in [0.1, 0.15) is 5.65 Å². The van der Waals surface area contributed by atoms with Gasteiger partial charge in [-0.25, -0.2) is 4.98 Å². The molecular weight excluding hydrogens is 416 g/mol. The fourth-order valence-electron chi connectivity index (χ4n) is 6.80. The van der Waals surface area contributed by atoms with Gasteiger partial charge in [-0.2, -0.15) is 0 Å². The van der Waals surface area contributed by atoms with Crippen LogP contribution in [0.2, 0.25) is 0 Å². The molecule has 2 aromatic heterocycles. The van der Waals surface area contributed by atoms with E-state index in [2.05, 4.69) is 20.6 Å². The van der Waals surface area contributed by atoms with Gasteiger partial charge in [-0.3, -0.25) is 4.79 Å². The number of aromatic nitrogens is 2. The summed E-state index contributed by atoms with van der Waals surface area (Å²) in [4.78, 5) is 20.8. The number of carbonyl (C=O) groups is 1. The number of hydrogen-bond donors (Lipinski definition) is 5. The summed E-state index contributed by atoms with van der Waals surface area (Å²) in [5.74, 6) is 1.20. The number of amides is 1. The zero-order chi connectivity index (χ0) is 22.6. The van der Waals surface area contributed by atoms with E-state index in [0.29, 0.717) is 23.3 Å². The molecule has 4 fully saturated rings. The number of pyridine rings is 1. The summed E-state index contributed by atoms with van der Waals surface area (Å²) in [5, 5.41) is 28.9. The van der Waals surface area contributed by atoms with Gasteiger partial charge in [0.15, 0.2) is 0 Å². The largest absolute Gasteiger partial charge is 0.390 e. The van der Waals surface area contributed by atoms with Crippen LogP contribution >= 0.6 is 0 Å². The maximum absolute atomic E-state index is 13.2. The highest BCUT2D eigenvalue weighted by atomic mass is 16.3. The van der Waals surface area contributed by atoms with Crippen molar-refractivity contribution in [3.8, 4) is 0 Å². The highest BCUT2D eigenvalue weighted by Gasteiger charge is 2.54. The van der Waals surface area contributed by atoms with Crippen molar-refractivity contribution < 1.29 is 15.0 Å². The Balaban J connectivity index is 1.25. The minimum absolute atomic E-state index is 0.122. The normalized spacial score (nSPS) is 31.0. The lowest BCUT2D eigenvalue weighted by molar-refractivity contribution is -0.129. The second-order valence-corrected chi connectivity index (χ2v) is 10.3. The Morgan fingerprint density at radius 3 is 2.64 bits per heavy atom. The lowest BCUT2D eigenvalue weighted by Gasteiger charge is -2.58. The van der Waals surface area contributed by atoms with E-state index in [4.69, 9.17) is 0 Å². The molecule has 7 rings (SSSR count). The molecule has 4 aliphatic carbocycles. The molecule has 1 aromatic carbocycles. The Morgan fingerprint density at radius 1 is 1.15 bits per heavy atom. The molecule has 3 unspecified atom stereocenters. The van der Waals surface area contributed by atoms with E-state index in [1.54, 1.807) is 6.20 Å². The number of fused-ring (bicyclic) bond motifs is 1. The van der Waals surface area contributed by atoms with Gasteiger partial charge in [0.05, 0.1) is 23.0 Å². The fraction of sp³-hybridized carbons (Fsp3) is 0.462. The molecule has 0 spiro atoms. The van der Waals surface area contributed by atoms with Gasteiger partial charge in [0.25, 0.3) is 5.91 Å². The summed E-state index contributed by atoms with van der Waals surface area (Å²) in [6.07, 6.45) is 7.57. The average molecular weight is 447 g/mol. The standard InChI is InChI=1S/C26H30N4O3/c31-21(16-4-2-1-3-5-16)14-29-25(32)20-13-28-24-19(6-7-27-24)23(20)30-22-17-8-15-9-18(22)12-26(33,10-15)11-17/h1-7,13,15,17-18,21-22,31,33H,8-12,14H2,(H,29,32)(H2,27,28,30). The van der Waals surface area contributed by atoms with Crippen LogP contribution in [-0.4, -0.2) is 44.3 Å². The van der Waals surface area contributed by atoms with Crippen LogP contribution in [0.25, 0.3) is 11.0 Å². The quantitative estimate of drug-likeness (QED) is 0.399. The van der Waals surface area contributed by atoms with Crippen molar-refractivity contribution in [2.75, 3.05) is 11.9 Å². The van der Waals surface area contributed by atoms with Crippen LogP contribution in [0.5, 0.6) is 0 Å². The first-order chi connectivity index (χ1) is 16.0. The summed E-state index contributed by atoms with van der Waals surface area (Å²) in [5.41, 5.74) is 2.28. The highest BCUT2D eigenvalue weighted by molar-refractivity contribution is 6.06. The van der Waals surface area contributed by atoms with E-state index in [-0.39, 0.29) is 18.5 Å². The SMILES string of the molecule is O=C(NCC(O)c1ccccc1)c1cnc2[nH]ccc2c1NC1C2CC3CC1CC(O)(C3)C2. The third-order valence-electron chi connectivity index (χ3n) is 8.02. The molecule has 5 N–H and O–H groups in total. The number of aliphatic hydroxyl groups is 2. The minimum atomic E-state index is -0.777. The zero-order valence-corrected chi connectivity index (χ0v) is 18.5. The van der Waals surface area contributed by atoms with Crippen LogP contribution in [0.1, 0.15) is 54.1 Å². The lowest BCUT2D eigenvalue weighted by Crippen LogP contribution is -2.59. The predicted molar refractivity (Wildman–Crippen MR) is 126 cm³/mol. The summed E-state index contributed by atoms with van der Waals surface area (Å²) < 4.78 is 0. The van der Waals surface area contributed by atoms with Crippen molar-refractivity contribution >= 4 is 22.6 Å². The van der Waals surface area contributed by atoms with E-state index in [9.17, 15) is 15.0 Å². The molecule has 7 nitrogen and oxygen atoms in total. The number of hydrogen-bond acceptors (Lipinski definition) is 5. The molecule has 4 bridgehead atoms. The molecule has 4 aliphatic rings. The van der Waals surface area contributed by atoms with E-state index >= 15 is 0 Å². The number of carbonyl (C=O) groups excluding carboxylic acids is 1. The monoisotopic (exact) mass is 446 g/mol. The Kier molecular flexibility index (Phi) is 4.92. The van der Waals surface area contributed by atoms with E-state index in [1.807, 2.05) is 42.6 Å². The summed E-state index contributed by atoms with van der Waals surface area (Å²) in [6.45, 7) is 0.122. The van der Waals surface area contributed by atoms with Crippen LogP contribution in [0, 0.1) is 17.8 Å². The lowest BCUT2D eigenvalue weighted by atomic mass is 9.52. The minimum Gasteiger partial charge on any atom is -0.390 e. The molecule has 2 heterocycles. The molecule has 4 saturated carbocycles. The Hall–Kier alpha value is -2.90. The van der Waals surface area contributed by atoms with Crippen molar-refractivity contribution in [1.29, 1.82) is 0 Å². The molecule has 0 saturated heterocycles. The predicted octanol–water partition coefficient (Wildman–Crippen LogP) is 3.38. The fourth-order valence-corrected chi connectivity index (χ4v) is 6.80. The van der Waals surface area contributed by atoms with E-state index in [0.717, 1.165) is 54.4 Å². The van der Waals surface area contributed by atoms with Gasteiger partial charge in [0.2, 0.25) is 0 Å². The van der Waals surface area contributed by atoms with E-state index < -0.39 is 11.7 Å². The van der Waals surface area contributed by atoms with Crippen molar-refractivity contribution in [2.45, 2.75) is 49.9 Å². The number of aliphatic hydroxyl groups excluding tert-OH is 1. The van der Waals surface area contributed by atoms with Crippen LogP contribution in [0.3, 0.4) is 0 Å². The molecule has 3 aromatic rings. The number of aromatic amines is 1. The van der Waals surface area contributed by atoms with Crippen LogP contribution in [0.15, 0.2) is 48.8 Å². The first-order valence-electron chi connectivity index (χ1n) is 12.0. The number of nitrogens with zero attached hydrogens (tertiary/aromatic N) is 1. The summed E-state index contributed by atoms with van der Waals surface area (Å²) in [6, 6.07) is 11.5. The molecular formula is C26H30N4O3. The van der Waals surface area contributed by atoms with Crippen molar-refractivity contribution in [3.05, 3.63) is 59.9 Å². The number of nitrogens with one attached hydrogen (secondary N) is 3. The van der Waals surface area contributed by atoms with Gasteiger partial charge in [-0.1, -0.05) is 30.3 Å². The molecule has 172 valence electrons. The van der Waals surface area contributed by atoms with Crippen LogP contribution in [-0.2, 0) is 0 Å². The second kappa shape index (κ2) is 7.85. The number of benzene rings is 1. The first-order valence-corrected chi connectivity index (χ1v) is 12.0.